The first-order valence-electron chi connectivity index (χ1n) is 11.6. The molecule has 2 heterocycles. The second-order valence-corrected chi connectivity index (χ2v) is 10.7. The maximum atomic E-state index is 13.2. The molecule has 7 nitrogen and oxygen atoms in total. The summed E-state index contributed by atoms with van der Waals surface area (Å²) in [5, 5.41) is 5.40. The van der Waals surface area contributed by atoms with Crippen molar-refractivity contribution >= 4 is 26.7 Å². The molecule has 1 N–H and O–H groups in total. The van der Waals surface area contributed by atoms with Crippen molar-refractivity contribution in [2.75, 3.05) is 26.3 Å². The van der Waals surface area contributed by atoms with Crippen LogP contribution < -0.4 is 14.8 Å². The second-order valence-electron chi connectivity index (χ2n) is 8.78. The average molecular weight is 481 g/mol. The largest absolute Gasteiger partial charge is 0.486 e. The normalized spacial score (nSPS) is 17.9. The fourth-order valence-electron chi connectivity index (χ4n) is 4.73. The topological polar surface area (TPSA) is 84.9 Å². The van der Waals surface area contributed by atoms with Crippen LogP contribution >= 0.6 is 0 Å². The van der Waals surface area contributed by atoms with Gasteiger partial charge in [-0.05, 0) is 48.2 Å². The van der Waals surface area contributed by atoms with Crippen molar-refractivity contribution in [1.82, 2.24) is 9.62 Å². The highest BCUT2D eigenvalue weighted by molar-refractivity contribution is 7.89. The van der Waals surface area contributed by atoms with Gasteiger partial charge in [-0.3, -0.25) is 4.79 Å². The first-order valence-corrected chi connectivity index (χ1v) is 13.1. The fourth-order valence-corrected chi connectivity index (χ4v) is 6.21. The molecular weight excluding hydrogens is 452 g/mol. The Morgan fingerprint density at radius 2 is 1.68 bits per heavy atom. The molecule has 1 unspecified atom stereocenters. The van der Waals surface area contributed by atoms with Crippen LogP contribution in [0.3, 0.4) is 0 Å². The van der Waals surface area contributed by atoms with Gasteiger partial charge in [0.25, 0.3) is 0 Å². The van der Waals surface area contributed by atoms with Gasteiger partial charge in [0.2, 0.25) is 15.9 Å². The van der Waals surface area contributed by atoms with Gasteiger partial charge in [-0.25, -0.2) is 8.42 Å². The fraction of sp³-hybridized carbons (Fsp3) is 0.346. The number of hydrogen-bond acceptors (Lipinski definition) is 5. The van der Waals surface area contributed by atoms with Crippen molar-refractivity contribution in [3.05, 3.63) is 66.2 Å². The Balaban J connectivity index is 1.23. The molecule has 0 aromatic heterocycles. The summed E-state index contributed by atoms with van der Waals surface area (Å²) < 4.78 is 38.8. The van der Waals surface area contributed by atoms with Crippen molar-refractivity contribution in [1.29, 1.82) is 0 Å². The third-order valence-electron chi connectivity index (χ3n) is 6.62. The van der Waals surface area contributed by atoms with Crippen LogP contribution in [0.1, 0.15) is 31.4 Å². The van der Waals surface area contributed by atoms with Crippen molar-refractivity contribution in [3.63, 3.8) is 0 Å². The zero-order valence-electron chi connectivity index (χ0n) is 19.1. The summed E-state index contributed by atoms with van der Waals surface area (Å²) in [6, 6.07) is 18.8. The highest BCUT2D eigenvalue weighted by atomic mass is 32.2. The number of sulfonamides is 1. The molecule has 2 aliphatic rings. The van der Waals surface area contributed by atoms with E-state index >= 15 is 0 Å². The van der Waals surface area contributed by atoms with E-state index < -0.39 is 10.0 Å². The van der Waals surface area contributed by atoms with Gasteiger partial charge in [0.1, 0.15) is 13.2 Å². The SMILES string of the molecule is CC(NC(=O)C1CCN(S(=O)(=O)c2ccc3c(c2)OCCO3)CC1)c1cccc2ccccc12. The lowest BCUT2D eigenvalue weighted by Crippen LogP contribution is -2.43. The average Bonchev–Trinajstić information content (AvgIpc) is 2.88. The lowest BCUT2D eigenvalue weighted by atomic mass is 9.95. The number of nitrogens with one attached hydrogen (secondary N) is 1. The predicted molar refractivity (Wildman–Crippen MR) is 129 cm³/mol. The maximum Gasteiger partial charge on any atom is 0.243 e. The summed E-state index contributed by atoms with van der Waals surface area (Å²) in [5.74, 6) is 0.755. The number of rotatable bonds is 5. The Hall–Kier alpha value is -3.10. The lowest BCUT2D eigenvalue weighted by Gasteiger charge is -2.31. The van der Waals surface area contributed by atoms with Crippen molar-refractivity contribution in [2.24, 2.45) is 5.92 Å². The number of ether oxygens (including phenoxy) is 2. The number of fused-ring (bicyclic) bond motifs is 2. The number of amides is 1. The van der Waals surface area contributed by atoms with E-state index in [4.69, 9.17) is 9.47 Å². The van der Waals surface area contributed by atoms with Crippen LogP contribution in [0.25, 0.3) is 10.8 Å². The van der Waals surface area contributed by atoms with Crippen LogP contribution in [0.4, 0.5) is 0 Å². The molecule has 178 valence electrons. The Morgan fingerprint density at radius 3 is 2.47 bits per heavy atom. The molecule has 1 atom stereocenters. The van der Waals surface area contributed by atoms with E-state index in [1.165, 1.54) is 10.4 Å². The molecule has 34 heavy (non-hydrogen) atoms. The van der Waals surface area contributed by atoms with Crippen LogP contribution in [-0.4, -0.2) is 44.9 Å². The standard InChI is InChI=1S/C26H28N2O5S/c1-18(22-8-4-6-19-5-2-3-7-23(19)22)27-26(29)20-11-13-28(14-12-20)34(30,31)21-9-10-24-25(17-21)33-16-15-32-24/h2-10,17-18,20H,11-16H2,1H3,(H,27,29). The van der Waals surface area contributed by atoms with Gasteiger partial charge < -0.3 is 14.8 Å². The molecule has 0 bridgehead atoms. The summed E-state index contributed by atoms with van der Waals surface area (Å²) in [6.07, 6.45) is 0.968. The molecule has 5 rings (SSSR count). The highest BCUT2D eigenvalue weighted by Crippen LogP contribution is 2.34. The molecule has 0 radical (unpaired) electrons. The number of carbonyl (C=O) groups is 1. The van der Waals surface area contributed by atoms with Gasteiger partial charge >= 0.3 is 0 Å². The lowest BCUT2D eigenvalue weighted by molar-refractivity contribution is -0.126. The maximum absolute atomic E-state index is 13.2. The smallest absolute Gasteiger partial charge is 0.243 e. The summed E-state index contributed by atoms with van der Waals surface area (Å²) in [6.45, 7) is 3.44. The summed E-state index contributed by atoms with van der Waals surface area (Å²) >= 11 is 0. The van der Waals surface area contributed by atoms with Crippen LogP contribution in [-0.2, 0) is 14.8 Å². The van der Waals surface area contributed by atoms with Crippen LogP contribution in [0, 0.1) is 5.92 Å². The molecule has 0 saturated carbocycles. The van der Waals surface area contributed by atoms with E-state index in [0.717, 1.165) is 16.3 Å². The minimum atomic E-state index is -3.67. The Bertz CT molecular complexity index is 1310. The zero-order valence-corrected chi connectivity index (χ0v) is 19.9. The van der Waals surface area contributed by atoms with Crippen LogP contribution in [0.5, 0.6) is 11.5 Å². The van der Waals surface area contributed by atoms with E-state index in [-0.39, 0.29) is 22.8 Å². The monoisotopic (exact) mass is 480 g/mol. The van der Waals surface area contributed by atoms with Gasteiger partial charge in [0.15, 0.2) is 11.5 Å². The first kappa shape index (κ1) is 22.7. The molecule has 8 heteroatoms. The first-order chi connectivity index (χ1) is 16.4. The number of benzene rings is 3. The summed E-state index contributed by atoms with van der Waals surface area (Å²) in [5.41, 5.74) is 1.07. The third-order valence-corrected chi connectivity index (χ3v) is 8.52. The molecule has 1 amide bonds. The number of hydrogen-bond donors (Lipinski definition) is 1. The molecule has 2 aliphatic heterocycles. The molecule has 3 aromatic rings. The minimum absolute atomic E-state index is 0.0307. The summed E-state index contributed by atoms with van der Waals surface area (Å²) in [4.78, 5) is 13.2. The van der Waals surface area contributed by atoms with Gasteiger partial charge in [0, 0.05) is 25.1 Å². The van der Waals surface area contributed by atoms with Gasteiger partial charge in [-0.1, -0.05) is 42.5 Å². The quantitative estimate of drug-likeness (QED) is 0.599. The van der Waals surface area contributed by atoms with Crippen molar-refractivity contribution in [2.45, 2.75) is 30.7 Å². The van der Waals surface area contributed by atoms with Gasteiger partial charge in [0.05, 0.1) is 10.9 Å². The van der Waals surface area contributed by atoms with E-state index in [2.05, 4.69) is 23.5 Å². The van der Waals surface area contributed by atoms with Crippen LogP contribution in [0.15, 0.2) is 65.6 Å². The van der Waals surface area contributed by atoms with E-state index in [0.29, 0.717) is 50.6 Å². The Labute approximate surface area is 199 Å². The Morgan fingerprint density at radius 1 is 0.971 bits per heavy atom. The van der Waals surface area contributed by atoms with E-state index in [1.54, 1.807) is 12.1 Å². The molecule has 1 saturated heterocycles. The zero-order chi connectivity index (χ0) is 23.7. The molecule has 3 aromatic carbocycles. The summed E-state index contributed by atoms with van der Waals surface area (Å²) in [7, 11) is -3.67. The highest BCUT2D eigenvalue weighted by Gasteiger charge is 2.33. The second kappa shape index (κ2) is 9.27. The van der Waals surface area contributed by atoms with Crippen LogP contribution in [0.2, 0.25) is 0 Å². The van der Waals surface area contributed by atoms with E-state index in [9.17, 15) is 13.2 Å². The third kappa shape index (κ3) is 4.35. The van der Waals surface area contributed by atoms with Crippen molar-refractivity contribution < 1.29 is 22.7 Å². The van der Waals surface area contributed by atoms with E-state index in [1.807, 2.05) is 31.2 Å². The van der Waals surface area contributed by atoms with Crippen molar-refractivity contribution in [3.8, 4) is 11.5 Å². The number of nitrogens with zero attached hydrogens (tertiary/aromatic N) is 1. The number of piperidine rings is 1. The molecule has 0 spiro atoms. The molecule has 0 aliphatic carbocycles. The molecule has 1 fully saturated rings. The molecular formula is C26H28N2O5S. The van der Waals surface area contributed by atoms with Gasteiger partial charge in [-0.15, -0.1) is 0 Å². The van der Waals surface area contributed by atoms with Gasteiger partial charge in [-0.2, -0.15) is 4.31 Å². The minimum Gasteiger partial charge on any atom is -0.486 e. The Kier molecular flexibility index (Phi) is 6.18. The predicted octanol–water partition coefficient (Wildman–Crippen LogP) is 3.89. The number of carbonyl (C=O) groups excluding carboxylic acids is 1.